The SMILES string of the molecule is O=Cc1c[n+]([O-])cc2cnccc12. The lowest BCUT2D eigenvalue weighted by Crippen LogP contribution is -2.25. The molecule has 0 saturated carbocycles. The molecular weight excluding hydrogens is 168 g/mol. The minimum absolute atomic E-state index is 0.384. The first kappa shape index (κ1) is 7.67. The van der Waals surface area contributed by atoms with Crippen molar-refractivity contribution in [1.29, 1.82) is 0 Å². The number of aldehydes is 1. The average molecular weight is 174 g/mol. The van der Waals surface area contributed by atoms with E-state index in [1.165, 1.54) is 12.4 Å². The molecule has 0 aliphatic rings. The van der Waals surface area contributed by atoms with Gasteiger partial charge < -0.3 is 5.21 Å². The zero-order chi connectivity index (χ0) is 9.26. The number of pyridine rings is 2. The largest absolute Gasteiger partial charge is 0.619 e. The highest BCUT2D eigenvalue weighted by Crippen LogP contribution is 2.12. The van der Waals surface area contributed by atoms with Crippen molar-refractivity contribution in [2.75, 3.05) is 0 Å². The van der Waals surface area contributed by atoms with Crippen LogP contribution in [0.5, 0.6) is 0 Å². The van der Waals surface area contributed by atoms with E-state index in [4.69, 9.17) is 0 Å². The van der Waals surface area contributed by atoms with Crippen LogP contribution >= 0.6 is 0 Å². The summed E-state index contributed by atoms with van der Waals surface area (Å²) in [4.78, 5) is 14.5. The fourth-order valence-corrected chi connectivity index (χ4v) is 1.25. The molecule has 2 heterocycles. The number of hydrogen-bond acceptors (Lipinski definition) is 3. The van der Waals surface area contributed by atoms with E-state index in [1.54, 1.807) is 18.5 Å². The normalized spacial score (nSPS) is 10.2. The van der Waals surface area contributed by atoms with Crippen molar-refractivity contribution in [2.24, 2.45) is 0 Å². The molecule has 4 heteroatoms. The van der Waals surface area contributed by atoms with Gasteiger partial charge in [0.15, 0.2) is 18.7 Å². The Bertz CT molecular complexity index is 468. The molecule has 0 atom stereocenters. The van der Waals surface area contributed by atoms with Gasteiger partial charge in [-0.25, -0.2) is 0 Å². The highest BCUT2D eigenvalue weighted by atomic mass is 16.5. The van der Waals surface area contributed by atoms with E-state index in [0.29, 0.717) is 22.0 Å². The van der Waals surface area contributed by atoms with E-state index in [1.807, 2.05) is 0 Å². The molecule has 0 fully saturated rings. The van der Waals surface area contributed by atoms with Gasteiger partial charge in [0.25, 0.3) is 0 Å². The second-order valence-corrected chi connectivity index (χ2v) is 2.65. The Morgan fingerprint density at radius 1 is 1.46 bits per heavy atom. The Morgan fingerprint density at radius 2 is 2.31 bits per heavy atom. The van der Waals surface area contributed by atoms with Gasteiger partial charge in [-0.1, -0.05) is 0 Å². The topological polar surface area (TPSA) is 56.9 Å². The number of carbonyl (C=O) groups is 1. The molecule has 0 saturated heterocycles. The van der Waals surface area contributed by atoms with Gasteiger partial charge in [-0.15, -0.1) is 0 Å². The van der Waals surface area contributed by atoms with E-state index in [-0.39, 0.29) is 0 Å². The van der Waals surface area contributed by atoms with E-state index in [0.717, 1.165) is 5.39 Å². The van der Waals surface area contributed by atoms with Gasteiger partial charge >= 0.3 is 0 Å². The molecule has 0 aliphatic carbocycles. The first-order valence-electron chi connectivity index (χ1n) is 3.73. The fourth-order valence-electron chi connectivity index (χ4n) is 1.25. The van der Waals surface area contributed by atoms with Gasteiger partial charge in [0.1, 0.15) is 0 Å². The van der Waals surface area contributed by atoms with Gasteiger partial charge in [0.2, 0.25) is 0 Å². The van der Waals surface area contributed by atoms with Crippen LogP contribution in [-0.4, -0.2) is 11.3 Å². The quantitative estimate of drug-likeness (QED) is 0.363. The van der Waals surface area contributed by atoms with E-state index >= 15 is 0 Å². The van der Waals surface area contributed by atoms with Gasteiger partial charge in [0, 0.05) is 17.8 Å². The number of carbonyl (C=O) groups excluding carboxylic acids is 1. The predicted molar refractivity (Wildman–Crippen MR) is 46.1 cm³/mol. The Hall–Kier alpha value is -1.97. The lowest BCUT2D eigenvalue weighted by atomic mass is 10.1. The Kier molecular flexibility index (Phi) is 1.66. The molecule has 0 radical (unpaired) electrons. The van der Waals surface area contributed by atoms with Crippen LogP contribution in [-0.2, 0) is 0 Å². The Labute approximate surface area is 74.0 Å². The second kappa shape index (κ2) is 2.82. The van der Waals surface area contributed by atoms with Crippen LogP contribution in [0.3, 0.4) is 0 Å². The molecule has 4 nitrogen and oxygen atoms in total. The molecule has 0 aromatic carbocycles. The maximum absolute atomic E-state index is 11.0. The molecule has 13 heavy (non-hydrogen) atoms. The van der Waals surface area contributed by atoms with Crippen molar-refractivity contribution in [3.63, 3.8) is 0 Å². The van der Waals surface area contributed by atoms with E-state index in [9.17, 15) is 10.0 Å². The maximum Gasteiger partial charge on any atom is 0.191 e. The van der Waals surface area contributed by atoms with Crippen LogP contribution in [0.1, 0.15) is 10.4 Å². The van der Waals surface area contributed by atoms with Crippen LogP contribution < -0.4 is 4.73 Å². The first-order chi connectivity index (χ1) is 6.31. The van der Waals surface area contributed by atoms with Crippen molar-refractivity contribution in [3.05, 3.63) is 41.6 Å². The Balaban J connectivity index is 2.89. The summed E-state index contributed by atoms with van der Waals surface area (Å²) >= 11 is 0. The maximum atomic E-state index is 11.0. The van der Waals surface area contributed by atoms with Gasteiger partial charge in [-0.2, -0.15) is 4.73 Å². The number of fused-ring (bicyclic) bond motifs is 1. The molecule has 0 spiro atoms. The zero-order valence-electron chi connectivity index (χ0n) is 6.68. The predicted octanol–water partition coefficient (Wildman–Crippen LogP) is 0.681. The molecule has 0 N–H and O–H groups in total. The van der Waals surface area contributed by atoms with Crippen LogP contribution in [0.15, 0.2) is 30.9 Å². The summed E-state index contributed by atoms with van der Waals surface area (Å²) in [5.74, 6) is 0. The highest BCUT2D eigenvalue weighted by molar-refractivity contribution is 5.96. The summed E-state index contributed by atoms with van der Waals surface area (Å²) < 4.78 is 0.605. The zero-order valence-corrected chi connectivity index (χ0v) is 6.68. The van der Waals surface area contributed by atoms with Crippen molar-refractivity contribution in [2.45, 2.75) is 0 Å². The number of rotatable bonds is 1. The summed E-state index contributed by atoms with van der Waals surface area (Å²) in [5, 5.41) is 12.4. The third-order valence-electron chi connectivity index (χ3n) is 1.82. The lowest BCUT2D eigenvalue weighted by Gasteiger charge is -2.00. The van der Waals surface area contributed by atoms with E-state index in [2.05, 4.69) is 4.98 Å². The van der Waals surface area contributed by atoms with Crippen molar-refractivity contribution in [3.8, 4) is 0 Å². The third-order valence-corrected chi connectivity index (χ3v) is 1.82. The lowest BCUT2D eigenvalue weighted by molar-refractivity contribution is -0.603. The van der Waals surface area contributed by atoms with Gasteiger partial charge in [-0.3, -0.25) is 9.78 Å². The smallest absolute Gasteiger partial charge is 0.191 e. The minimum Gasteiger partial charge on any atom is -0.619 e. The summed E-state index contributed by atoms with van der Waals surface area (Å²) in [7, 11) is 0. The standard InChI is InChI=1S/C9H6N2O2/c12-6-8-5-11(13)4-7-3-10-2-1-9(7)8/h1-6H. The number of hydrogen-bond donors (Lipinski definition) is 0. The summed E-state index contributed by atoms with van der Waals surface area (Å²) in [6.45, 7) is 0. The molecular formula is C9H6N2O2. The molecule has 2 rings (SSSR count). The van der Waals surface area contributed by atoms with Crippen LogP contribution in [0.2, 0.25) is 0 Å². The van der Waals surface area contributed by atoms with Crippen LogP contribution in [0.25, 0.3) is 10.8 Å². The van der Waals surface area contributed by atoms with Gasteiger partial charge in [0.05, 0.1) is 10.9 Å². The van der Waals surface area contributed by atoms with Crippen molar-refractivity contribution >= 4 is 17.1 Å². The molecule has 0 aliphatic heterocycles. The third kappa shape index (κ3) is 1.22. The summed E-state index contributed by atoms with van der Waals surface area (Å²) in [6.07, 6.45) is 6.43. The first-order valence-corrected chi connectivity index (χ1v) is 3.73. The van der Waals surface area contributed by atoms with Gasteiger partial charge in [-0.05, 0) is 6.07 Å². The molecule has 64 valence electrons. The molecule has 0 amide bonds. The average Bonchev–Trinajstić information content (AvgIpc) is 2.16. The van der Waals surface area contributed by atoms with Crippen LogP contribution in [0, 0.1) is 5.21 Å². The number of aromatic nitrogens is 2. The second-order valence-electron chi connectivity index (χ2n) is 2.65. The summed E-state index contributed by atoms with van der Waals surface area (Å²) in [5.41, 5.74) is 0.384. The molecule has 0 unspecified atom stereocenters. The monoisotopic (exact) mass is 174 g/mol. The van der Waals surface area contributed by atoms with Crippen molar-refractivity contribution < 1.29 is 9.52 Å². The summed E-state index contributed by atoms with van der Waals surface area (Å²) in [6, 6.07) is 1.71. The minimum atomic E-state index is 0.384. The number of nitrogens with zero attached hydrogens (tertiary/aromatic N) is 2. The van der Waals surface area contributed by atoms with E-state index < -0.39 is 0 Å². The highest BCUT2D eigenvalue weighted by Gasteiger charge is 2.04. The molecule has 2 aromatic rings. The van der Waals surface area contributed by atoms with Crippen LogP contribution in [0.4, 0.5) is 0 Å². The molecule has 0 bridgehead atoms. The Morgan fingerprint density at radius 3 is 3.08 bits per heavy atom. The molecule has 2 aromatic heterocycles. The fraction of sp³-hybridized carbons (Fsp3) is 0. The van der Waals surface area contributed by atoms with Crippen molar-refractivity contribution in [1.82, 2.24) is 4.98 Å².